The fourth-order valence-corrected chi connectivity index (χ4v) is 3.65. The number of halogens is 1. The third-order valence-electron chi connectivity index (χ3n) is 3.42. The zero-order valence-electron chi connectivity index (χ0n) is 13.3. The molecule has 122 valence electrons. The van der Waals surface area contributed by atoms with Crippen molar-refractivity contribution in [2.24, 2.45) is 10.2 Å². The molecule has 3 rings (SSSR count). The van der Waals surface area contributed by atoms with Crippen molar-refractivity contribution in [3.8, 4) is 11.4 Å². The molecule has 24 heavy (non-hydrogen) atoms. The summed E-state index contributed by atoms with van der Waals surface area (Å²) in [4.78, 5) is 0.836. The molecule has 0 unspecified atom stereocenters. The summed E-state index contributed by atoms with van der Waals surface area (Å²) in [5.74, 6) is 0.792. The number of aryl methyl sites for hydroxylation is 1. The Morgan fingerprint density at radius 1 is 1.17 bits per heavy atom. The Morgan fingerprint density at radius 3 is 2.67 bits per heavy atom. The lowest BCUT2D eigenvalue weighted by Crippen LogP contribution is -2.13. The van der Waals surface area contributed by atoms with Gasteiger partial charge in [-0.05, 0) is 58.7 Å². The molecule has 3 aromatic rings. The minimum absolute atomic E-state index is 0.792. The number of ether oxygens (including phenoxy) is 1. The van der Waals surface area contributed by atoms with Gasteiger partial charge in [0.15, 0.2) is 0 Å². The van der Waals surface area contributed by atoms with E-state index >= 15 is 0 Å². The number of benzene rings is 2. The third kappa shape index (κ3) is 3.66. The normalized spacial score (nSPS) is 12.0. The van der Waals surface area contributed by atoms with Crippen LogP contribution in [-0.2, 0) is 0 Å². The number of nitrogens with zero attached hydrogens (tertiary/aromatic N) is 3. The van der Waals surface area contributed by atoms with Crippen molar-refractivity contribution in [1.82, 2.24) is 4.57 Å². The van der Waals surface area contributed by atoms with Gasteiger partial charge in [-0.3, -0.25) is 4.57 Å². The molecule has 1 aromatic heterocycles. The largest absolute Gasteiger partial charge is 0.496 e. The van der Waals surface area contributed by atoms with Crippen molar-refractivity contribution in [1.29, 1.82) is 0 Å². The monoisotopic (exact) mass is 401 g/mol. The molecule has 0 aliphatic carbocycles. The molecule has 0 fully saturated rings. The summed E-state index contributed by atoms with van der Waals surface area (Å²) >= 11 is 5.04. The van der Waals surface area contributed by atoms with E-state index < -0.39 is 0 Å². The topological polar surface area (TPSA) is 38.9 Å². The van der Waals surface area contributed by atoms with Crippen LogP contribution in [0.2, 0.25) is 0 Å². The maximum atomic E-state index is 5.22. The van der Waals surface area contributed by atoms with Gasteiger partial charge in [-0.15, -0.1) is 16.4 Å². The second-order valence-electron chi connectivity index (χ2n) is 5.07. The summed E-state index contributed by atoms with van der Waals surface area (Å²) in [5.41, 5.74) is 3.16. The van der Waals surface area contributed by atoms with Crippen LogP contribution < -0.4 is 9.54 Å². The molecule has 0 N–H and O–H groups in total. The smallest absolute Gasteiger partial charge is 0.215 e. The van der Waals surface area contributed by atoms with Crippen molar-refractivity contribution in [3.63, 3.8) is 0 Å². The van der Waals surface area contributed by atoms with Gasteiger partial charge in [-0.2, -0.15) is 5.10 Å². The van der Waals surface area contributed by atoms with Crippen LogP contribution >= 0.6 is 27.3 Å². The van der Waals surface area contributed by atoms with Crippen LogP contribution in [0.4, 0.5) is 0 Å². The fourth-order valence-electron chi connectivity index (χ4n) is 2.26. The molecule has 0 radical (unpaired) electrons. The highest BCUT2D eigenvalue weighted by molar-refractivity contribution is 9.10. The zero-order valence-corrected chi connectivity index (χ0v) is 15.7. The quantitative estimate of drug-likeness (QED) is 0.466. The zero-order chi connectivity index (χ0) is 16.9. The number of thiazole rings is 1. The average Bonchev–Trinajstić information content (AvgIpc) is 2.96. The molecule has 0 saturated heterocycles. The average molecular weight is 402 g/mol. The molecule has 0 amide bonds. The first-order valence-electron chi connectivity index (χ1n) is 7.32. The van der Waals surface area contributed by atoms with E-state index in [1.54, 1.807) is 24.7 Å². The van der Waals surface area contributed by atoms with E-state index in [4.69, 9.17) is 4.74 Å². The van der Waals surface area contributed by atoms with E-state index in [2.05, 4.69) is 55.1 Å². The third-order valence-corrected chi connectivity index (χ3v) is 4.97. The lowest BCUT2D eigenvalue weighted by molar-refractivity contribution is 0.412. The second kappa shape index (κ2) is 7.59. The molecule has 1 heterocycles. The predicted molar refractivity (Wildman–Crippen MR) is 102 cm³/mol. The van der Waals surface area contributed by atoms with Gasteiger partial charge in [-0.25, -0.2) is 0 Å². The number of aromatic nitrogens is 1. The lowest BCUT2D eigenvalue weighted by atomic mass is 10.2. The van der Waals surface area contributed by atoms with Gasteiger partial charge in [0.05, 0.1) is 17.8 Å². The summed E-state index contributed by atoms with van der Waals surface area (Å²) < 4.78 is 8.20. The first-order chi connectivity index (χ1) is 11.7. The van der Waals surface area contributed by atoms with Gasteiger partial charge < -0.3 is 4.74 Å². The molecule has 0 spiro atoms. The SMILES string of the molecule is COc1ccc(/C=N/N=c2/scc(C)n2-c2ccccc2)cc1Br. The van der Waals surface area contributed by atoms with Crippen molar-refractivity contribution < 1.29 is 4.74 Å². The van der Waals surface area contributed by atoms with Crippen LogP contribution in [0.3, 0.4) is 0 Å². The van der Waals surface area contributed by atoms with E-state index in [1.807, 2.05) is 36.4 Å². The Hall–Kier alpha value is -2.18. The van der Waals surface area contributed by atoms with Crippen LogP contribution in [0, 0.1) is 6.92 Å². The first kappa shape index (κ1) is 16.7. The minimum atomic E-state index is 0.792. The Bertz CT molecular complexity index is 929. The van der Waals surface area contributed by atoms with Gasteiger partial charge in [0, 0.05) is 16.8 Å². The number of hydrogen-bond acceptors (Lipinski definition) is 4. The highest BCUT2D eigenvalue weighted by Gasteiger charge is 2.03. The van der Waals surface area contributed by atoms with Crippen molar-refractivity contribution >= 4 is 33.5 Å². The summed E-state index contributed by atoms with van der Waals surface area (Å²) in [7, 11) is 1.64. The van der Waals surface area contributed by atoms with E-state index in [0.717, 1.165) is 32.0 Å². The highest BCUT2D eigenvalue weighted by Crippen LogP contribution is 2.24. The maximum absolute atomic E-state index is 5.22. The summed E-state index contributed by atoms with van der Waals surface area (Å²) in [6.07, 6.45) is 1.73. The van der Waals surface area contributed by atoms with Crippen molar-refractivity contribution in [3.05, 3.63) is 74.4 Å². The standard InChI is InChI=1S/C18H16BrN3OS/c1-13-12-24-18(22(13)15-6-4-3-5-7-15)21-20-11-14-8-9-17(23-2)16(19)10-14/h3-12H,1-2H3/b20-11+,21-18+. The number of methoxy groups -OCH3 is 1. The molecule has 0 aliphatic heterocycles. The van der Waals surface area contributed by atoms with E-state index in [-0.39, 0.29) is 0 Å². The Morgan fingerprint density at radius 2 is 1.96 bits per heavy atom. The molecule has 2 aromatic carbocycles. The van der Waals surface area contributed by atoms with Crippen LogP contribution in [0.5, 0.6) is 5.75 Å². The number of para-hydroxylation sites is 1. The van der Waals surface area contributed by atoms with E-state index in [0.29, 0.717) is 0 Å². The number of rotatable bonds is 4. The van der Waals surface area contributed by atoms with E-state index in [9.17, 15) is 0 Å². The van der Waals surface area contributed by atoms with Crippen LogP contribution in [0.15, 0.2) is 68.6 Å². The first-order valence-corrected chi connectivity index (χ1v) is 8.99. The van der Waals surface area contributed by atoms with Gasteiger partial charge in [0.2, 0.25) is 4.80 Å². The highest BCUT2D eigenvalue weighted by atomic mass is 79.9. The molecule has 0 atom stereocenters. The molecule has 0 bridgehead atoms. The molecular weight excluding hydrogens is 386 g/mol. The summed E-state index contributed by atoms with van der Waals surface area (Å²) in [6, 6.07) is 15.9. The van der Waals surface area contributed by atoms with Crippen LogP contribution in [0.1, 0.15) is 11.3 Å². The van der Waals surface area contributed by atoms with E-state index in [1.165, 1.54) is 0 Å². The summed E-state index contributed by atoms with van der Waals surface area (Å²) in [6.45, 7) is 2.06. The van der Waals surface area contributed by atoms with Gasteiger partial charge in [0.25, 0.3) is 0 Å². The van der Waals surface area contributed by atoms with Crippen molar-refractivity contribution in [2.45, 2.75) is 6.92 Å². The molecule has 4 nitrogen and oxygen atoms in total. The molecule has 6 heteroatoms. The molecule has 0 aliphatic rings. The molecular formula is C18H16BrN3OS. The minimum Gasteiger partial charge on any atom is -0.496 e. The van der Waals surface area contributed by atoms with Gasteiger partial charge in [-0.1, -0.05) is 18.2 Å². The Labute approximate surface area is 152 Å². The molecule has 0 saturated carbocycles. The number of hydrogen-bond donors (Lipinski definition) is 0. The van der Waals surface area contributed by atoms with Gasteiger partial charge >= 0.3 is 0 Å². The second-order valence-corrected chi connectivity index (χ2v) is 6.76. The Balaban J connectivity index is 1.92. The fraction of sp³-hybridized carbons (Fsp3) is 0.111. The maximum Gasteiger partial charge on any atom is 0.215 e. The lowest BCUT2D eigenvalue weighted by Gasteiger charge is -2.04. The van der Waals surface area contributed by atoms with Crippen LogP contribution in [-0.4, -0.2) is 17.9 Å². The van der Waals surface area contributed by atoms with Crippen LogP contribution in [0.25, 0.3) is 5.69 Å². The van der Waals surface area contributed by atoms with Gasteiger partial charge in [0.1, 0.15) is 5.75 Å². The van der Waals surface area contributed by atoms with Crippen molar-refractivity contribution in [2.75, 3.05) is 7.11 Å². The predicted octanol–water partition coefficient (Wildman–Crippen LogP) is 4.55. The Kier molecular flexibility index (Phi) is 5.27. The summed E-state index contributed by atoms with van der Waals surface area (Å²) in [5, 5.41) is 10.7.